The van der Waals surface area contributed by atoms with E-state index in [0.29, 0.717) is 13.0 Å². The fourth-order valence-electron chi connectivity index (χ4n) is 3.92. The Hall–Kier alpha value is -2.89. The topological polar surface area (TPSA) is 52.7 Å². The number of rotatable bonds is 4. The zero-order valence-corrected chi connectivity index (χ0v) is 15.2. The van der Waals surface area contributed by atoms with Crippen LogP contribution in [0.4, 0.5) is 20.6 Å². The van der Waals surface area contributed by atoms with Gasteiger partial charge in [-0.3, -0.25) is 9.69 Å². The Morgan fingerprint density at radius 1 is 1.11 bits per heavy atom. The normalized spacial score (nSPS) is 21.6. The monoisotopic (exact) mass is 367 g/mol. The number of hydrogen-bond acceptors (Lipinski definition) is 3. The summed E-state index contributed by atoms with van der Waals surface area (Å²) < 4.78 is 13.4. The number of anilines is 2. The molecule has 2 aliphatic rings. The van der Waals surface area contributed by atoms with Crippen molar-refractivity contribution >= 4 is 23.3 Å². The van der Waals surface area contributed by atoms with Gasteiger partial charge in [-0.25, -0.2) is 9.18 Å². The van der Waals surface area contributed by atoms with Gasteiger partial charge in [-0.1, -0.05) is 31.5 Å². The second kappa shape index (κ2) is 7.02. The minimum absolute atomic E-state index is 0.140. The van der Waals surface area contributed by atoms with E-state index in [4.69, 9.17) is 0 Å². The summed E-state index contributed by atoms with van der Waals surface area (Å²) in [6, 6.07) is 13.6. The van der Waals surface area contributed by atoms with Crippen molar-refractivity contribution < 1.29 is 14.0 Å². The van der Waals surface area contributed by atoms with E-state index in [1.54, 1.807) is 12.1 Å². The number of carbonyl (C=O) groups is 2. The van der Waals surface area contributed by atoms with E-state index in [9.17, 15) is 14.0 Å². The van der Waals surface area contributed by atoms with Gasteiger partial charge in [-0.2, -0.15) is 0 Å². The van der Waals surface area contributed by atoms with E-state index in [0.717, 1.165) is 29.8 Å². The Morgan fingerprint density at radius 3 is 2.59 bits per heavy atom. The first-order valence-electron chi connectivity index (χ1n) is 9.34. The fourth-order valence-corrected chi connectivity index (χ4v) is 3.92. The van der Waals surface area contributed by atoms with Crippen molar-refractivity contribution in [3.63, 3.8) is 0 Å². The molecule has 0 saturated carbocycles. The maximum absolute atomic E-state index is 13.4. The van der Waals surface area contributed by atoms with Crippen LogP contribution in [0.3, 0.4) is 0 Å². The third-order valence-corrected chi connectivity index (χ3v) is 5.29. The Morgan fingerprint density at radius 2 is 1.85 bits per heavy atom. The molecule has 140 valence electrons. The summed E-state index contributed by atoms with van der Waals surface area (Å²) in [5, 5.41) is 3.01. The summed E-state index contributed by atoms with van der Waals surface area (Å²) in [5.74, 6) is -0.839. The molecule has 2 aromatic rings. The lowest BCUT2D eigenvalue weighted by atomic mass is 9.86. The summed E-state index contributed by atoms with van der Waals surface area (Å²) in [7, 11) is 0. The number of hydrogen-bond donors (Lipinski definition) is 1. The van der Waals surface area contributed by atoms with Crippen molar-refractivity contribution in [1.82, 2.24) is 10.2 Å². The summed E-state index contributed by atoms with van der Waals surface area (Å²) >= 11 is 0. The van der Waals surface area contributed by atoms with Crippen molar-refractivity contribution in [1.29, 1.82) is 0 Å². The van der Waals surface area contributed by atoms with Gasteiger partial charge in [0.2, 0.25) is 5.91 Å². The van der Waals surface area contributed by atoms with Crippen molar-refractivity contribution in [2.24, 2.45) is 5.92 Å². The molecule has 2 unspecified atom stereocenters. The van der Waals surface area contributed by atoms with Crippen LogP contribution in [0.2, 0.25) is 0 Å². The van der Waals surface area contributed by atoms with Crippen LogP contribution in [0.5, 0.6) is 0 Å². The summed E-state index contributed by atoms with van der Waals surface area (Å²) in [6.07, 6.45) is 1.79. The quantitative estimate of drug-likeness (QED) is 0.894. The molecule has 1 N–H and O–H groups in total. The van der Waals surface area contributed by atoms with Crippen LogP contribution in [0.25, 0.3) is 0 Å². The zero-order valence-electron chi connectivity index (χ0n) is 15.2. The second-order valence-corrected chi connectivity index (χ2v) is 7.02. The predicted molar refractivity (Wildman–Crippen MR) is 101 cm³/mol. The number of fused-ring (bicyclic) bond motifs is 2. The summed E-state index contributed by atoms with van der Waals surface area (Å²) in [4.78, 5) is 29.0. The largest absolute Gasteiger partial charge is 0.325 e. The molecule has 0 radical (unpaired) electrons. The number of benzene rings is 2. The van der Waals surface area contributed by atoms with Gasteiger partial charge in [0.25, 0.3) is 0 Å². The molecule has 0 aromatic heterocycles. The number of para-hydroxylation sites is 1. The number of nitrogens with zero attached hydrogens (tertiary/aromatic N) is 2. The van der Waals surface area contributed by atoms with Gasteiger partial charge in [0.05, 0.1) is 5.92 Å². The first kappa shape index (κ1) is 17.5. The number of amides is 3. The van der Waals surface area contributed by atoms with Crippen LogP contribution in [-0.4, -0.2) is 29.5 Å². The van der Waals surface area contributed by atoms with Gasteiger partial charge in [0.1, 0.15) is 12.0 Å². The molecule has 0 bridgehead atoms. The van der Waals surface area contributed by atoms with Crippen molar-refractivity contribution in [2.75, 3.05) is 11.4 Å². The van der Waals surface area contributed by atoms with Gasteiger partial charge >= 0.3 is 6.03 Å². The van der Waals surface area contributed by atoms with Gasteiger partial charge in [0, 0.05) is 17.9 Å². The van der Waals surface area contributed by atoms with Crippen molar-refractivity contribution in [2.45, 2.75) is 32.4 Å². The van der Waals surface area contributed by atoms with E-state index in [1.807, 2.05) is 36.1 Å². The maximum Gasteiger partial charge on any atom is 0.325 e. The smallest absolute Gasteiger partial charge is 0.320 e. The third kappa shape index (κ3) is 3.05. The van der Waals surface area contributed by atoms with E-state index in [1.165, 1.54) is 17.0 Å². The molecule has 1 saturated heterocycles. The third-order valence-electron chi connectivity index (χ3n) is 5.29. The molecule has 2 atom stereocenters. The van der Waals surface area contributed by atoms with Gasteiger partial charge < -0.3 is 10.2 Å². The van der Waals surface area contributed by atoms with E-state index in [-0.39, 0.29) is 23.7 Å². The lowest BCUT2D eigenvalue weighted by Gasteiger charge is -2.47. The van der Waals surface area contributed by atoms with Gasteiger partial charge in [-0.05, 0) is 48.7 Å². The first-order chi connectivity index (χ1) is 13.1. The number of unbranched alkanes of at least 4 members (excludes halogenated alkanes) is 1. The highest BCUT2D eigenvalue weighted by atomic mass is 19.1. The molecule has 6 heteroatoms. The van der Waals surface area contributed by atoms with Crippen LogP contribution in [0.1, 0.15) is 25.3 Å². The standard InChI is InChI=1S/C21H22FN3O2/c1-2-3-12-24-20(26)17-13-14-6-4-5-7-18(14)25(19(17)23-21(24)27)16-10-8-15(22)9-11-16/h4-11,17,19H,2-3,12-13H2,1H3,(H,23,27). The molecule has 3 amide bonds. The molecule has 4 rings (SSSR count). The molecule has 0 aliphatic carbocycles. The Bertz CT molecular complexity index is 868. The average molecular weight is 367 g/mol. The fraction of sp³-hybridized carbons (Fsp3) is 0.333. The van der Waals surface area contributed by atoms with E-state index >= 15 is 0 Å². The summed E-state index contributed by atoms with van der Waals surface area (Å²) in [5.41, 5.74) is 2.72. The Labute approximate surface area is 157 Å². The number of halogens is 1. The van der Waals surface area contributed by atoms with Crippen LogP contribution >= 0.6 is 0 Å². The van der Waals surface area contributed by atoms with Crippen LogP contribution in [0, 0.1) is 11.7 Å². The SMILES string of the molecule is CCCCN1C(=O)NC2C(Cc3ccccc3N2c2ccc(F)cc2)C1=O. The number of carbonyl (C=O) groups excluding carboxylic acids is 2. The lowest BCUT2D eigenvalue weighted by molar-refractivity contribution is -0.135. The van der Waals surface area contributed by atoms with Gasteiger partial charge in [0.15, 0.2) is 0 Å². The molecule has 2 heterocycles. The Kier molecular flexibility index (Phi) is 4.56. The highest BCUT2D eigenvalue weighted by Gasteiger charge is 2.46. The minimum Gasteiger partial charge on any atom is -0.320 e. The van der Waals surface area contributed by atoms with E-state index < -0.39 is 6.17 Å². The highest BCUT2D eigenvalue weighted by Crippen LogP contribution is 2.40. The zero-order chi connectivity index (χ0) is 19.0. The van der Waals surface area contributed by atoms with Gasteiger partial charge in [-0.15, -0.1) is 0 Å². The van der Waals surface area contributed by atoms with Crippen molar-refractivity contribution in [3.8, 4) is 0 Å². The predicted octanol–water partition coefficient (Wildman–Crippen LogP) is 3.81. The summed E-state index contributed by atoms with van der Waals surface area (Å²) in [6.45, 7) is 2.46. The lowest BCUT2D eigenvalue weighted by Crippen LogP contribution is -2.66. The highest BCUT2D eigenvalue weighted by molar-refractivity contribution is 6.00. The molecule has 2 aromatic carbocycles. The van der Waals surface area contributed by atoms with Crippen LogP contribution in [0.15, 0.2) is 48.5 Å². The van der Waals surface area contributed by atoms with Crippen molar-refractivity contribution in [3.05, 3.63) is 59.9 Å². The molecule has 5 nitrogen and oxygen atoms in total. The maximum atomic E-state index is 13.4. The van der Waals surface area contributed by atoms with Crippen LogP contribution < -0.4 is 10.2 Å². The molecular formula is C21H22FN3O2. The second-order valence-electron chi connectivity index (χ2n) is 7.02. The number of imide groups is 1. The molecule has 1 fully saturated rings. The molecule has 2 aliphatic heterocycles. The van der Waals surface area contributed by atoms with E-state index in [2.05, 4.69) is 5.32 Å². The Balaban J connectivity index is 1.76. The minimum atomic E-state index is -0.483. The average Bonchev–Trinajstić information content (AvgIpc) is 2.67. The number of nitrogens with one attached hydrogen (secondary N) is 1. The first-order valence-corrected chi connectivity index (χ1v) is 9.34. The molecule has 0 spiro atoms. The van der Waals surface area contributed by atoms with Crippen LogP contribution in [-0.2, 0) is 11.2 Å². The molecular weight excluding hydrogens is 345 g/mol. The number of urea groups is 1. The molecule has 27 heavy (non-hydrogen) atoms.